The van der Waals surface area contributed by atoms with Crippen LogP contribution in [0, 0.1) is 34.5 Å². The lowest BCUT2D eigenvalue weighted by molar-refractivity contribution is -0.177. The van der Waals surface area contributed by atoms with Crippen molar-refractivity contribution in [1.82, 2.24) is 0 Å². The van der Waals surface area contributed by atoms with Gasteiger partial charge in [-0.1, -0.05) is 26.8 Å². The van der Waals surface area contributed by atoms with Crippen LogP contribution in [0.5, 0.6) is 0 Å². The molecule has 4 rings (SSSR count). The molecule has 0 radical (unpaired) electrons. The number of esters is 1. The Morgan fingerprint density at radius 3 is 2.44 bits per heavy atom. The van der Waals surface area contributed by atoms with Crippen LogP contribution >= 0.6 is 0 Å². The van der Waals surface area contributed by atoms with Crippen LogP contribution in [-0.2, 0) is 9.53 Å². The second-order valence-corrected chi connectivity index (χ2v) is 9.92. The van der Waals surface area contributed by atoms with E-state index in [0.29, 0.717) is 18.4 Å². The van der Waals surface area contributed by atoms with Gasteiger partial charge in [0.1, 0.15) is 5.60 Å². The maximum absolute atomic E-state index is 12.3. The highest BCUT2D eigenvalue weighted by Gasteiger charge is 2.70. The van der Waals surface area contributed by atoms with Crippen LogP contribution in [0.4, 0.5) is 0 Å². The normalized spacial score (nSPS) is 53.2. The molecule has 0 aliphatic heterocycles. The molecule has 9 atom stereocenters. The summed E-state index contributed by atoms with van der Waals surface area (Å²) < 4.78 is 4.93. The van der Waals surface area contributed by atoms with E-state index < -0.39 is 40.7 Å². The molecule has 0 saturated heterocycles. The summed E-state index contributed by atoms with van der Waals surface area (Å²) in [6.45, 7) is 5.68. The highest BCUT2D eigenvalue weighted by atomic mass is 16.5. The Labute approximate surface area is 160 Å². The zero-order chi connectivity index (χ0) is 19.9. The molecule has 0 aromatic heterocycles. The molecule has 0 unspecified atom stereocenters. The molecule has 3 fully saturated rings. The minimum absolute atomic E-state index is 0.00702. The summed E-state index contributed by atoms with van der Waals surface area (Å²) in [7, 11) is 1.34. The summed E-state index contributed by atoms with van der Waals surface area (Å²) in [6.07, 6.45) is 1.41. The second kappa shape index (κ2) is 5.78. The zero-order valence-electron chi connectivity index (χ0n) is 16.6. The van der Waals surface area contributed by atoms with E-state index in [1.165, 1.54) is 7.11 Å². The number of fused-ring (bicyclic) bond motifs is 2. The molecule has 1 spiro atoms. The zero-order valence-corrected chi connectivity index (χ0v) is 16.6. The number of aliphatic hydroxyl groups excluding tert-OH is 3. The number of hydrogen-bond donors (Lipinski definition) is 4. The standard InChI is InChI=1S/C21H32O6/c1-10-13-6-5-11-12(18(25)27-4)8-20(13,17(11)24)9-16(23)21(26)14(10)7-15(22)19(21,2)3/h8,10-11,13-17,22-24,26H,5-7,9H2,1-4H3/t10-,11-,13-,14-,15-,16+,17+,20+,21-/m0/s1. The summed E-state index contributed by atoms with van der Waals surface area (Å²) >= 11 is 0. The van der Waals surface area contributed by atoms with E-state index in [4.69, 9.17) is 4.74 Å². The van der Waals surface area contributed by atoms with Gasteiger partial charge >= 0.3 is 5.97 Å². The summed E-state index contributed by atoms with van der Waals surface area (Å²) in [5.41, 5.74) is -2.53. The first-order valence-electron chi connectivity index (χ1n) is 10.1. The summed E-state index contributed by atoms with van der Waals surface area (Å²) in [5.74, 6) is -0.939. The van der Waals surface area contributed by atoms with Crippen molar-refractivity contribution in [3.8, 4) is 0 Å². The van der Waals surface area contributed by atoms with Gasteiger partial charge in [0.15, 0.2) is 0 Å². The first-order valence-corrected chi connectivity index (χ1v) is 10.1. The minimum Gasteiger partial charge on any atom is -0.466 e. The average Bonchev–Trinajstić information content (AvgIpc) is 2.87. The van der Waals surface area contributed by atoms with Gasteiger partial charge in [-0.3, -0.25) is 0 Å². The third-order valence-electron chi connectivity index (χ3n) is 8.89. The Hall–Kier alpha value is -0.950. The van der Waals surface area contributed by atoms with Crippen molar-refractivity contribution in [3.05, 3.63) is 11.6 Å². The molecule has 27 heavy (non-hydrogen) atoms. The Morgan fingerprint density at radius 1 is 1.15 bits per heavy atom. The van der Waals surface area contributed by atoms with E-state index in [-0.39, 0.29) is 30.1 Å². The lowest BCUT2D eigenvalue weighted by Crippen LogP contribution is -2.57. The Balaban J connectivity index is 1.84. The van der Waals surface area contributed by atoms with Crippen LogP contribution in [0.25, 0.3) is 0 Å². The molecule has 4 N–H and O–H groups in total. The average molecular weight is 380 g/mol. The maximum Gasteiger partial charge on any atom is 0.333 e. The molecular weight excluding hydrogens is 348 g/mol. The highest BCUT2D eigenvalue weighted by molar-refractivity contribution is 5.90. The third-order valence-corrected chi connectivity index (χ3v) is 8.89. The van der Waals surface area contributed by atoms with Crippen molar-refractivity contribution in [2.24, 2.45) is 34.5 Å². The molecule has 0 aromatic rings. The van der Waals surface area contributed by atoms with Crippen molar-refractivity contribution in [2.45, 2.75) is 70.4 Å². The molecule has 0 aromatic carbocycles. The van der Waals surface area contributed by atoms with Crippen LogP contribution in [0.1, 0.15) is 46.5 Å². The van der Waals surface area contributed by atoms with E-state index >= 15 is 0 Å². The number of methoxy groups -OCH3 is 1. The number of carbonyl (C=O) groups excluding carboxylic acids is 1. The van der Waals surface area contributed by atoms with Gasteiger partial charge in [-0.2, -0.15) is 0 Å². The number of ether oxygens (including phenoxy) is 1. The van der Waals surface area contributed by atoms with Gasteiger partial charge in [0.25, 0.3) is 0 Å². The molecule has 152 valence electrons. The van der Waals surface area contributed by atoms with Crippen LogP contribution in [0.15, 0.2) is 11.6 Å². The molecule has 6 heteroatoms. The summed E-state index contributed by atoms with van der Waals surface area (Å²) in [6, 6.07) is 0. The van der Waals surface area contributed by atoms with Crippen LogP contribution in [-0.4, -0.2) is 57.4 Å². The quantitative estimate of drug-likeness (QED) is 0.506. The maximum atomic E-state index is 12.3. The minimum atomic E-state index is -1.44. The van der Waals surface area contributed by atoms with E-state index in [0.717, 1.165) is 6.42 Å². The van der Waals surface area contributed by atoms with E-state index in [1.54, 1.807) is 0 Å². The molecule has 0 amide bonds. The fraction of sp³-hybridized carbons (Fsp3) is 0.857. The van der Waals surface area contributed by atoms with Gasteiger partial charge < -0.3 is 25.2 Å². The fourth-order valence-corrected chi connectivity index (χ4v) is 7.23. The molecule has 0 heterocycles. The first kappa shape index (κ1) is 19.4. The smallest absolute Gasteiger partial charge is 0.333 e. The van der Waals surface area contributed by atoms with Gasteiger partial charge in [0.2, 0.25) is 0 Å². The molecule has 6 nitrogen and oxygen atoms in total. The highest BCUT2D eigenvalue weighted by Crippen LogP contribution is 2.66. The van der Waals surface area contributed by atoms with Crippen LogP contribution < -0.4 is 0 Å². The van der Waals surface area contributed by atoms with Crippen molar-refractivity contribution >= 4 is 5.97 Å². The lowest BCUT2D eigenvalue weighted by atomic mass is 9.59. The van der Waals surface area contributed by atoms with Crippen molar-refractivity contribution in [3.63, 3.8) is 0 Å². The van der Waals surface area contributed by atoms with Gasteiger partial charge in [-0.25, -0.2) is 4.79 Å². The van der Waals surface area contributed by atoms with Gasteiger partial charge in [-0.15, -0.1) is 0 Å². The van der Waals surface area contributed by atoms with Crippen molar-refractivity contribution in [1.29, 1.82) is 0 Å². The number of rotatable bonds is 1. The number of aliphatic hydroxyl groups is 4. The Morgan fingerprint density at radius 2 is 1.81 bits per heavy atom. The van der Waals surface area contributed by atoms with Crippen LogP contribution in [0.3, 0.4) is 0 Å². The van der Waals surface area contributed by atoms with E-state index in [1.807, 2.05) is 19.9 Å². The summed E-state index contributed by atoms with van der Waals surface area (Å²) in [4.78, 5) is 12.3. The monoisotopic (exact) mass is 380 g/mol. The first-order chi connectivity index (χ1) is 12.5. The molecule has 4 aliphatic carbocycles. The van der Waals surface area contributed by atoms with Crippen molar-refractivity contribution in [2.75, 3.05) is 7.11 Å². The Kier molecular flexibility index (Phi) is 4.15. The van der Waals surface area contributed by atoms with Crippen molar-refractivity contribution < 1.29 is 30.0 Å². The topological polar surface area (TPSA) is 107 Å². The largest absolute Gasteiger partial charge is 0.466 e. The molecule has 2 bridgehead atoms. The predicted octanol–water partition coefficient (Wildman–Crippen LogP) is 1.01. The SMILES string of the molecule is COC(=O)C1=C[C@@]23C[C@@H](O)[C@@]4(O)[C@@H](C[C@H](O)C4(C)C)[C@@H](C)[C@@H]2CC[C@@H]1[C@H]3O. The second-order valence-electron chi connectivity index (χ2n) is 9.92. The van der Waals surface area contributed by atoms with Gasteiger partial charge in [0, 0.05) is 22.3 Å². The van der Waals surface area contributed by atoms with Gasteiger partial charge in [-0.05, 0) is 43.4 Å². The fourth-order valence-electron chi connectivity index (χ4n) is 7.23. The van der Waals surface area contributed by atoms with Gasteiger partial charge in [0.05, 0.1) is 25.4 Å². The lowest BCUT2D eigenvalue weighted by Gasteiger charge is -2.47. The van der Waals surface area contributed by atoms with Crippen LogP contribution in [0.2, 0.25) is 0 Å². The number of carbonyl (C=O) groups is 1. The Bertz CT molecular complexity index is 686. The molecule has 4 aliphatic rings. The van der Waals surface area contributed by atoms with E-state index in [2.05, 4.69) is 6.92 Å². The third kappa shape index (κ3) is 2.13. The summed E-state index contributed by atoms with van der Waals surface area (Å²) in [5, 5.41) is 44.7. The molecular formula is C21H32O6. The predicted molar refractivity (Wildman–Crippen MR) is 97.4 cm³/mol. The number of hydrogen-bond acceptors (Lipinski definition) is 6. The molecule has 3 saturated carbocycles. The van der Waals surface area contributed by atoms with E-state index in [9.17, 15) is 25.2 Å².